The number of hydrogen-bond acceptors (Lipinski definition) is 5. The van der Waals surface area contributed by atoms with Crippen LogP contribution in [-0.4, -0.2) is 51.9 Å². The number of anilines is 1. The van der Waals surface area contributed by atoms with Crippen LogP contribution in [0.2, 0.25) is 0 Å². The molecule has 1 aliphatic heterocycles. The fraction of sp³-hybridized carbons (Fsp3) is 0.450. The van der Waals surface area contributed by atoms with E-state index < -0.39 is 29.0 Å². The molecular formula is C20H24N2O6. The molecule has 0 radical (unpaired) electrons. The van der Waals surface area contributed by atoms with Gasteiger partial charge in [0.15, 0.2) is 6.10 Å². The van der Waals surface area contributed by atoms with Crippen molar-refractivity contribution in [1.82, 2.24) is 4.98 Å². The Morgan fingerprint density at radius 2 is 1.86 bits per heavy atom. The monoisotopic (exact) mass is 388 g/mol. The molecule has 1 fully saturated rings. The van der Waals surface area contributed by atoms with Gasteiger partial charge in [0.25, 0.3) is 5.91 Å². The standard InChI is InChI=1S/C20H24N2O6/c1-11-13(7-5-12-6-8-14(23)21-15(11)12)22-9-10-28-16(17(22)24)20(27,18(25)26)19(2,3)4/h5-8,16,27H,9-10H2,1-4H3,(H,21,23)(H,25,26)/t16-,20+/m0/s1. The number of nitrogens with one attached hydrogen (secondary N) is 1. The number of ether oxygens (including phenoxy) is 1. The topological polar surface area (TPSA) is 120 Å². The predicted octanol–water partition coefficient (Wildman–Crippen LogP) is 1.43. The molecule has 1 aromatic carbocycles. The van der Waals surface area contributed by atoms with Crippen molar-refractivity contribution in [3.05, 3.63) is 40.2 Å². The predicted molar refractivity (Wildman–Crippen MR) is 103 cm³/mol. The maximum atomic E-state index is 13.2. The molecule has 2 aromatic rings. The molecule has 2 heterocycles. The first-order chi connectivity index (χ1) is 13.0. The van der Waals surface area contributed by atoms with Crippen LogP contribution in [0.3, 0.4) is 0 Å². The number of aromatic nitrogens is 1. The van der Waals surface area contributed by atoms with Crippen LogP contribution in [0.25, 0.3) is 10.9 Å². The van der Waals surface area contributed by atoms with E-state index in [1.165, 1.54) is 11.0 Å². The molecule has 0 saturated carbocycles. The summed E-state index contributed by atoms with van der Waals surface area (Å²) in [7, 11) is 0. The summed E-state index contributed by atoms with van der Waals surface area (Å²) in [6.07, 6.45) is -1.55. The Morgan fingerprint density at radius 3 is 2.46 bits per heavy atom. The summed E-state index contributed by atoms with van der Waals surface area (Å²) in [4.78, 5) is 41.0. The van der Waals surface area contributed by atoms with Gasteiger partial charge >= 0.3 is 5.97 Å². The van der Waals surface area contributed by atoms with Gasteiger partial charge < -0.3 is 24.8 Å². The highest BCUT2D eigenvalue weighted by Crippen LogP contribution is 2.38. The van der Waals surface area contributed by atoms with Gasteiger partial charge in [-0.3, -0.25) is 9.59 Å². The molecule has 8 nitrogen and oxygen atoms in total. The largest absolute Gasteiger partial charge is 0.479 e. The number of nitrogens with zero attached hydrogens (tertiary/aromatic N) is 1. The summed E-state index contributed by atoms with van der Waals surface area (Å²) < 4.78 is 5.46. The highest BCUT2D eigenvalue weighted by Gasteiger charge is 2.59. The Bertz CT molecular complexity index is 1010. The molecule has 3 N–H and O–H groups in total. The lowest BCUT2D eigenvalue weighted by Crippen LogP contribution is -2.66. The van der Waals surface area contributed by atoms with Gasteiger partial charge in [-0.1, -0.05) is 26.8 Å². The number of aliphatic hydroxyl groups is 1. The zero-order valence-electron chi connectivity index (χ0n) is 16.3. The van der Waals surface area contributed by atoms with E-state index in [0.717, 1.165) is 5.39 Å². The van der Waals surface area contributed by atoms with E-state index in [2.05, 4.69) is 4.98 Å². The Morgan fingerprint density at radius 1 is 1.21 bits per heavy atom. The van der Waals surface area contributed by atoms with Crippen LogP contribution < -0.4 is 10.5 Å². The van der Waals surface area contributed by atoms with Gasteiger partial charge in [-0.2, -0.15) is 0 Å². The Hall–Kier alpha value is -2.71. The minimum absolute atomic E-state index is 0.0743. The van der Waals surface area contributed by atoms with E-state index in [1.54, 1.807) is 45.9 Å². The van der Waals surface area contributed by atoms with Gasteiger partial charge in [0.2, 0.25) is 11.2 Å². The van der Waals surface area contributed by atoms with Crippen LogP contribution >= 0.6 is 0 Å². The molecular weight excluding hydrogens is 364 g/mol. The van der Waals surface area contributed by atoms with Crippen molar-refractivity contribution >= 4 is 28.5 Å². The molecule has 0 bridgehead atoms. The number of carbonyl (C=O) groups is 2. The van der Waals surface area contributed by atoms with Crippen molar-refractivity contribution in [2.45, 2.75) is 39.4 Å². The van der Waals surface area contributed by atoms with Crippen molar-refractivity contribution in [3.8, 4) is 0 Å². The number of aliphatic carboxylic acids is 1. The van der Waals surface area contributed by atoms with Crippen LogP contribution in [0.5, 0.6) is 0 Å². The number of aromatic amines is 1. The quantitative estimate of drug-likeness (QED) is 0.732. The minimum Gasteiger partial charge on any atom is -0.479 e. The number of carboxylic acid groups (broad SMARTS) is 1. The van der Waals surface area contributed by atoms with Gasteiger partial charge in [-0.05, 0) is 30.0 Å². The van der Waals surface area contributed by atoms with Crippen molar-refractivity contribution in [2.75, 3.05) is 18.1 Å². The highest BCUT2D eigenvalue weighted by molar-refractivity contribution is 6.03. The smallest absolute Gasteiger partial charge is 0.339 e. The molecule has 2 atom stereocenters. The van der Waals surface area contributed by atoms with Crippen LogP contribution in [0.4, 0.5) is 5.69 Å². The third-order valence-corrected chi connectivity index (χ3v) is 5.36. The molecule has 28 heavy (non-hydrogen) atoms. The van der Waals surface area contributed by atoms with Crippen molar-refractivity contribution in [2.24, 2.45) is 5.41 Å². The number of morpholine rings is 1. The number of amides is 1. The normalized spacial score (nSPS) is 20.2. The minimum atomic E-state index is -2.40. The molecule has 1 aromatic heterocycles. The summed E-state index contributed by atoms with van der Waals surface area (Å²) in [6, 6.07) is 6.64. The number of fused-ring (bicyclic) bond motifs is 1. The lowest BCUT2D eigenvalue weighted by molar-refractivity contribution is -0.203. The molecule has 150 valence electrons. The summed E-state index contributed by atoms with van der Waals surface area (Å²) in [5, 5.41) is 21.4. The van der Waals surface area contributed by atoms with E-state index in [4.69, 9.17) is 4.74 Å². The highest BCUT2D eigenvalue weighted by atomic mass is 16.5. The zero-order chi connectivity index (χ0) is 20.9. The average molecular weight is 388 g/mol. The number of H-pyrrole nitrogens is 1. The summed E-state index contributed by atoms with van der Waals surface area (Å²) >= 11 is 0. The summed E-state index contributed by atoms with van der Waals surface area (Å²) in [6.45, 7) is 6.69. The van der Waals surface area contributed by atoms with Crippen molar-refractivity contribution < 1.29 is 24.5 Å². The zero-order valence-corrected chi connectivity index (χ0v) is 16.3. The van der Waals surface area contributed by atoms with Gasteiger partial charge in [-0.25, -0.2) is 4.79 Å². The third-order valence-electron chi connectivity index (χ3n) is 5.36. The second-order valence-corrected chi connectivity index (χ2v) is 8.06. The summed E-state index contributed by atoms with van der Waals surface area (Å²) in [5.41, 5.74) is -1.99. The number of aryl methyl sites for hydroxylation is 1. The fourth-order valence-electron chi connectivity index (χ4n) is 3.60. The fourth-order valence-corrected chi connectivity index (χ4v) is 3.60. The van der Waals surface area contributed by atoms with E-state index in [9.17, 15) is 24.6 Å². The SMILES string of the molecule is Cc1c(N2CCO[C@H]([C@@](O)(C(=O)O)C(C)(C)C)C2=O)ccc2ccc(=O)[nH]c12. The number of carboxylic acids is 1. The van der Waals surface area contributed by atoms with Crippen molar-refractivity contribution in [3.63, 3.8) is 0 Å². The number of pyridine rings is 1. The Labute approximate surface area is 161 Å². The molecule has 0 unspecified atom stereocenters. The molecule has 0 spiro atoms. The van der Waals surface area contributed by atoms with Gasteiger partial charge in [0, 0.05) is 23.7 Å². The van der Waals surface area contributed by atoms with Gasteiger partial charge in [0.1, 0.15) is 0 Å². The van der Waals surface area contributed by atoms with Crippen molar-refractivity contribution in [1.29, 1.82) is 0 Å². The van der Waals surface area contributed by atoms with Crippen LogP contribution in [0, 0.1) is 12.3 Å². The second kappa shape index (κ2) is 6.72. The van der Waals surface area contributed by atoms with Crippen LogP contribution in [-0.2, 0) is 14.3 Å². The van der Waals surface area contributed by atoms with E-state index in [-0.39, 0.29) is 18.7 Å². The lowest BCUT2D eigenvalue weighted by atomic mass is 9.72. The van der Waals surface area contributed by atoms with Crippen LogP contribution in [0.15, 0.2) is 29.1 Å². The van der Waals surface area contributed by atoms with E-state index >= 15 is 0 Å². The molecule has 1 amide bonds. The maximum Gasteiger partial charge on any atom is 0.339 e. The average Bonchev–Trinajstić information content (AvgIpc) is 2.61. The first-order valence-electron chi connectivity index (χ1n) is 9.00. The Kier molecular flexibility index (Phi) is 4.81. The third kappa shape index (κ3) is 2.98. The molecule has 3 rings (SSSR count). The molecule has 1 saturated heterocycles. The van der Waals surface area contributed by atoms with Crippen LogP contribution in [0.1, 0.15) is 26.3 Å². The first-order valence-corrected chi connectivity index (χ1v) is 9.00. The van der Waals surface area contributed by atoms with E-state index in [1.807, 2.05) is 0 Å². The van der Waals surface area contributed by atoms with E-state index in [0.29, 0.717) is 16.8 Å². The number of carbonyl (C=O) groups excluding carboxylic acids is 1. The van der Waals surface area contributed by atoms with Gasteiger partial charge in [-0.15, -0.1) is 0 Å². The summed E-state index contributed by atoms with van der Waals surface area (Å²) in [5.74, 6) is -2.15. The van der Waals surface area contributed by atoms with Gasteiger partial charge in [0.05, 0.1) is 12.1 Å². The molecule has 8 heteroatoms. The lowest BCUT2D eigenvalue weighted by Gasteiger charge is -2.45. The molecule has 1 aliphatic rings. The maximum absolute atomic E-state index is 13.2. The second-order valence-electron chi connectivity index (χ2n) is 8.06. The number of hydrogen-bond donors (Lipinski definition) is 3. The molecule has 0 aliphatic carbocycles. The first kappa shape index (κ1) is 20.0. The number of benzene rings is 1. The Balaban J connectivity index is 2.08. The number of rotatable bonds is 3.